The van der Waals surface area contributed by atoms with Crippen molar-refractivity contribution in [2.24, 2.45) is 0 Å². The molecule has 1 aliphatic heterocycles. The largest absolute Gasteiger partial charge is 0.297 e. The van der Waals surface area contributed by atoms with E-state index in [1.807, 2.05) is 19.1 Å². The van der Waals surface area contributed by atoms with Crippen LogP contribution >= 0.6 is 0 Å². The minimum Gasteiger partial charge on any atom is -0.297 e. The lowest BCUT2D eigenvalue weighted by molar-refractivity contribution is 0.455. The molecule has 96 valence electrons. The van der Waals surface area contributed by atoms with Crippen LogP contribution in [0.5, 0.6) is 0 Å². The minimum atomic E-state index is -3.12. The van der Waals surface area contributed by atoms with Gasteiger partial charge in [-0.25, -0.2) is 8.42 Å². The van der Waals surface area contributed by atoms with Crippen LogP contribution in [0.15, 0.2) is 29.2 Å². The molecule has 0 bridgehead atoms. The summed E-state index contributed by atoms with van der Waals surface area (Å²) in [6.45, 7) is 2.02. The zero-order chi connectivity index (χ0) is 13.2. The van der Waals surface area contributed by atoms with E-state index in [1.165, 1.54) is 0 Å². The zero-order valence-electron chi connectivity index (χ0n) is 10.4. The molecule has 4 heteroatoms. The Morgan fingerprint density at radius 1 is 1.50 bits per heavy atom. The van der Waals surface area contributed by atoms with E-state index in [0.29, 0.717) is 11.3 Å². The Morgan fingerprint density at radius 3 is 2.89 bits per heavy atom. The molecule has 0 amide bonds. The quantitative estimate of drug-likeness (QED) is 0.847. The lowest BCUT2D eigenvalue weighted by atomic mass is 10.0. The number of nitrogens with one attached hydrogen (secondary N) is 1. The van der Waals surface area contributed by atoms with Crippen molar-refractivity contribution in [3.05, 3.63) is 29.8 Å². The van der Waals surface area contributed by atoms with Gasteiger partial charge in [-0.3, -0.25) is 5.32 Å². The van der Waals surface area contributed by atoms with Gasteiger partial charge in [0, 0.05) is 6.04 Å². The minimum absolute atomic E-state index is 0.0103. The highest BCUT2D eigenvalue weighted by Gasteiger charge is 2.30. The van der Waals surface area contributed by atoms with Gasteiger partial charge in [0.25, 0.3) is 0 Å². The first-order chi connectivity index (χ1) is 8.58. The van der Waals surface area contributed by atoms with E-state index in [-0.39, 0.29) is 17.8 Å². The van der Waals surface area contributed by atoms with Gasteiger partial charge in [0.05, 0.1) is 16.7 Å². The molecular formula is C14H17NO2S. The predicted octanol–water partition coefficient (Wildman–Crippen LogP) is 1.91. The Labute approximate surface area is 109 Å². The summed E-state index contributed by atoms with van der Waals surface area (Å²) >= 11 is 0. The van der Waals surface area contributed by atoms with Gasteiger partial charge in [0.15, 0.2) is 9.84 Å². The average Bonchev–Trinajstić information content (AvgIpc) is 2.38. The fourth-order valence-electron chi connectivity index (χ4n) is 2.29. The van der Waals surface area contributed by atoms with Gasteiger partial charge in [-0.1, -0.05) is 31.0 Å². The molecular weight excluding hydrogens is 246 g/mol. The molecule has 0 spiro atoms. The summed E-state index contributed by atoms with van der Waals surface area (Å²) in [6, 6.07) is 7.19. The van der Waals surface area contributed by atoms with Crippen molar-refractivity contribution in [2.45, 2.75) is 36.7 Å². The molecule has 1 heterocycles. The normalized spacial score (nSPS) is 22.8. The van der Waals surface area contributed by atoms with E-state index in [1.54, 1.807) is 12.1 Å². The van der Waals surface area contributed by atoms with Crippen molar-refractivity contribution >= 4 is 9.84 Å². The zero-order valence-corrected chi connectivity index (χ0v) is 11.2. The van der Waals surface area contributed by atoms with Gasteiger partial charge in [0.1, 0.15) is 0 Å². The predicted molar refractivity (Wildman–Crippen MR) is 71.9 cm³/mol. The summed E-state index contributed by atoms with van der Waals surface area (Å²) in [5.41, 5.74) is 0.845. The first kappa shape index (κ1) is 13.1. The summed E-state index contributed by atoms with van der Waals surface area (Å²) in [5, 5.41) is 3.35. The number of sulfone groups is 1. The SMILES string of the molecule is C#CC(CC)NC1CCS(=O)(=O)c2ccccc21. The second-order valence-electron chi connectivity index (χ2n) is 4.49. The average molecular weight is 263 g/mol. The lowest BCUT2D eigenvalue weighted by Gasteiger charge is -2.28. The van der Waals surface area contributed by atoms with Crippen LogP contribution < -0.4 is 5.32 Å². The van der Waals surface area contributed by atoms with Crippen LogP contribution in [0.2, 0.25) is 0 Å². The standard InChI is InChI=1S/C14H17NO2S/c1-3-11(4-2)15-13-9-10-18(16,17)14-8-6-5-7-12(13)14/h1,5-8,11,13,15H,4,9-10H2,2H3. The van der Waals surface area contributed by atoms with Crippen LogP contribution in [-0.2, 0) is 9.84 Å². The Bertz CT molecular complexity index is 572. The van der Waals surface area contributed by atoms with Gasteiger partial charge in [-0.2, -0.15) is 0 Å². The molecule has 1 aromatic rings. The summed E-state index contributed by atoms with van der Waals surface area (Å²) in [6.07, 6.45) is 6.86. The fourth-order valence-corrected chi connectivity index (χ4v) is 3.91. The third-order valence-corrected chi connectivity index (χ3v) is 5.13. The van der Waals surface area contributed by atoms with Crippen molar-refractivity contribution in [1.82, 2.24) is 5.32 Å². The molecule has 2 unspecified atom stereocenters. The number of terminal acetylenes is 1. The van der Waals surface area contributed by atoms with Gasteiger partial charge in [-0.05, 0) is 24.5 Å². The molecule has 1 aromatic carbocycles. The van der Waals surface area contributed by atoms with E-state index in [4.69, 9.17) is 6.42 Å². The summed E-state index contributed by atoms with van der Waals surface area (Å²) in [4.78, 5) is 0.445. The number of hydrogen-bond donors (Lipinski definition) is 1. The van der Waals surface area contributed by atoms with E-state index >= 15 is 0 Å². The van der Waals surface area contributed by atoms with Crippen LogP contribution in [0.25, 0.3) is 0 Å². The molecule has 0 aliphatic carbocycles. The second-order valence-corrected chi connectivity index (χ2v) is 6.57. The first-order valence-electron chi connectivity index (χ1n) is 6.12. The maximum Gasteiger partial charge on any atom is 0.178 e. The molecule has 0 radical (unpaired) electrons. The van der Waals surface area contributed by atoms with Crippen molar-refractivity contribution in [3.63, 3.8) is 0 Å². The Morgan fingerprint density at radius 2 is 2.22 bits per heavy atom. The van der Waals surface area contributed by atoms with Crippen molar-refractivity contribution in [3.8, 4) is 12.3 Å². The van der Waals surface area contributed by atoms with Crippen molar-refractivity contribution in [2.75, 3.05) is 5.75 Å². The number of fused-ring (bicyclic) bond motifs is 1. The van der Waals surface area contributed by atoms with Crippen molar-refractivity contribution in [1.29, 1.82) is 0 Å². The lowest BCUT2D eigenvalue weighted by Crippen LogP contribution is -2.35. The van der Waals surface area contributed by atoms with Gasteiger partial charge >= 0.3 is 0 Å². The Hall–Kier alpha value is -1.31. The second kappa shape index (κ2) is 5.13. The third kappa shape index (κ3) is 2.43. The van der Waals surface area contributed by atoms with Gasteiger partial charge in [-0.15, -0.1) is 6.42 Å². The van der Waals surface area contributed by atoms with E-state index in [0.717, 1.165) is 12.0 Å². The topological polar surface area (TPSA) is 46.2 Å². The first-order valence-corrected chi connectivity index (χ1v) is 7.77. The molecule has 0 aromatic heterocycles. The third-order valence-electron chi connectivity index (χ3n) is 3.32. The monoisotopic (exact) mass is 263 g/mol. The number of rotatable bonds is 3. The number of hydrogen-bond acceptors (Lipinski definition) is 3. The number of benzene rings is 1. The van der Waals surface area contributed by atoms with E-state index < -0.39 is 9.84 Å². The van der Waals surface area contributed by atoms with Crippen LogP contribution in [0.4, 0.5) is 0 Å². The van der Waals surface area contributed by atoms with Gasteiger partial charge in [0.2, 0.25) is 0 Å². The Kier molecular flexibility index (Phi) is 3.74. The van der Waals surface area contributed by atoms with Crippen LogP contribution in [0.3, 0.4) is 0 Å². The Balaban J connectivity index is 2.35. The molecule has 2 rings (SSSR count). The van der Waals surface area contributed by atoms with E-state index in [9.17, 15) is 8.42 Å². The maximum atomic E-state index is 12.0. The molecule has 0 fully saturated rings. The molecule has 18 heavy (non-hydrogen) atoms. The van der Waals surface area contributed by atoms with Crippen LogP contribution in [-0.4, -0.2) is 20.2 Å². The van der Waals surface area contributed by atoms with Crippen LogP contribution in [0, 0.1) is 12.3 Å². The summed E-state index contributed by atoms with van der Waals surface area (Å²) in [7, 11) is -3.12. The highest BCUT2D eigenvalue weighted by molar-refractivity contribution is 7.91. The molecule has 1 N–H and O–H groups in total. The highest BCUT2D eigenvalue weighted by Crippen LogP contribution is 2.32. The molecule has 0 saturated heterocycles. The molecule has 1 aliphatic rings. The van der Waals surface area contributed by atoms with Crippen LogP contribution in [0.1, 0.15) is 31.4 Å². The molecule has 0 saturated carbocycles. The van der Waals surface area contributed by atoms with E-state index in [2.05, 4.69) is 11.2 Å². The molecule has 2 atom stereocenters. The molecule has 3 nitrogen and oxygen atoms in total. The summed E-state index contributed by atoms with van der Waals surface area (Å²) in [5.74, 6) is 2.87. The maximum absolute atomic E-state index is 12.0. The van der Waals surface area contributed by atoms with Gasteiger partial charge < -0.3 is 0 Å². The summed E-state index contributed by atoms with van der Waals surface area (Å²) < 4.78 is 24.0. The van der Waals surface area contributed by atoms with Crippen molar-refractivity contribution < 1.29 is 8.42 Å². The fraction of sp³-hybridized carbons (Fsp3) is 0.429. The smallest absolute Gasteiger partial charge is 0.178 e. The highest BCUT2D eigenvalue weighted by atomic mass is 32.2.